The highest BCUT2D eigenvalue weighted by Gasteiger charge is 2.39. The average Bonchev–Trinajstić information content (AvgIpc) is 3.11. The number of hydrogen-bond acceptors (Lipinski definition) is 3. The Morgan fingerprint density at radius 1 is 1.09 bits per heavy atom. The van der Waals surface area contributed by atoms with E-state index in [9.17, 15) is 4.79 Å². The van der Waals surface area contributed by atoms with Gasteiger partial charge in [-0.25, -0.2) is 0 Å². The van der Waals surface area contributed by atoms with Gasteiger partial charge in [0.05, 0.1) is 5.69 Å². The van der Waals surface area contributed by atoms with Gasteiger partial charge in [-0.05, 0) is 68.0 Å². The van der Waals surface area contributed by atoms with Crippen molar-refractivity contribution in [3.05, 3.63) is 58.5 Å². The van der Waals surface area contributed by atoms with Gasteiger partial charge in [0, 0.05) is 18.8 Å². The van der Waals surface area contributed by atoms with E-state index in [1.54, 1.807) is 12.3 Å². The molecule has 2 aromatic rings. The van der Waals surface area contributed by atoms with Crippen molar-refractivity contribution < 1.29 is 0 Å². The zero-order valence-corrected chi connectivity index (χ0v) is 12.7. The molecule has 4 rings (SSSR count). The Hall–Kier alpha value is -1.94. The van der Waals surface area contributed by atoms with Crippen LogP contribution in [0.5, 0.6) is 0 Å². The van der Waals surface area contributed by atoms with Crippen molar-refractivity contribution in [3.63, 3.8) is 0 Å². The summed E-state index contributed by atoms with van der Waals surface area (Å²) in [5.41, 5.74) is 2.15. The second kappa shape index (κ2) is 5.69. The van der Waals surface area contributed by atoms with Gasteiger partial charge in [-0.15, -0.1) is 0 Å². The summed E-state index contributed by atoms with van der Waals surface area (Å²) in [5, 5.41) is 4.12. The molecule has 1 aliphatic carbocycles. The van der Waals surface area contributed by atoms with Crippen LogP contribution in [-0.4, -0.2) is 34.3 Å². The van der Waals surface area contributed by atoms with Crippen LogP contribution >= 0.6 is 0 Å². The molecule has 2 fully saturated rings. The zero-order valence-electron chi connectivity index (χ0n) is 12.7. The third-order valence-corrected chi connectivity index (χ3v) is 4.90. The normalized spacial score (nSPS) is 24.5. The van der Waals surface area contributed by atoms with Gasteiger partial charge in [-0.1, -0.05) is 12.1 Å². The molecule has 0 bridgehead atoms. The fraction of sp³-hybridized carbons (Fsp3) is 0.444. The standard InChI is InChI=1S/C18H21N3O/c22-18-4-3-9-19-21(18)16-7-5-14(6-8-16)17-12-15(17)13-20-10-1-2-11-20/h3-9,15,17H,1-2,10-13H2. The molecule has 2 aliphatic rings. The first kappa shape index (κ1) is 13.7. The van der Waals surface area contributed by atoms with Gasteiger partial charge in [0.25, 0.3) is 5.56 Å². The summed E-state index contributed by atoms with van der Waals surface area (Å²) >= 11 is 0. The van der Waals surface area contributed by atoms with Crippen LogP contribution in [0.3, 0.4) is 0 Å². The maximum atomic E-state index is 11.8. The van der Waals surface area contributed by atoms with E-state index in [1.165, 1.54) is 55.2 Å². The molecule has 1 saturated heterocycles. The van der Waals surface area contributed by atoms with Crippen LogP contribution in [0.25, 0.3) is 5.69 Å². The van der Waals surface area contributed by atoms with Crippen molar-refractivity contribution in [1.82, 2.24) is 14.7 Å². The van der Waals surface area contributed by atoms with Gasteiger partial charge in [0.1, 0.15) is 0 Å². The molecule has 1 aromatic heterocycles. The van der Waals surface area contributed by atoms with Gasteiger partial charge >= 0.3 is 0 Å². The minimum absolute atomic E-state index is 0.0893. The summed E-state index contributed by atoms with van der Waals surface area (Å²) in [6.45, 7) is 3.82. The molecule has 0 N–H and O–H groups in total. The summed E-state index contributed by atoms with van der Waals surface area (Å²) in [6.07, 6.45) is 5.68. The molecule has 4 nitrogen and oxygen atoms in total. The van der Waals surface area contributed by atoms with E-state index in [1.807, 2.05) is 12.1 Å². The largest absolute Gasteiger partial charge is 0.303 e. The van der Waals surface area contributed by atoms with Gasteiger partial charge in [0.15, 0.2) is 0 Å². The molecule has 4 heteroatoms. The molecule has 1 saturated carbocycles. The summed E-state index contributed by atoms with van der Waals surface area (Å²) in [7, 11) is 0. The third-order valence-electron chi connectivity index (χ3n) is 4.90. The highest BCUT2D eigenvalue weighted by molar-refractivity contribution is 5.37. The second-order valence-corrected chi connectivity index (χ2v) is 6.48. The predicted octanol–water partition coefficient (Wildman–Crippen LogP) is 2.43. The quantitative estimate of drug-likeness (QED) is 0.869. The van der Waals surface area contributed by atoms with E-state index >= 15 is 0 Å². The molecule has 1 aliphatic heterocycles. The van der Waals surface area contributed by atoms with Gasteiger partial charge in [0.2, 0.25) is 0 Å². The molecule has 0 radical (unpaired) electrons. The predicted molar refractivity (Wildman–Crippen MR) is 86.4 cm³/mol. The lowest BCUT2D eigenvalue weighted by Gasteiger charge is -2.14. The van der Waals surface area contributed by atoms with Crippen molar-refractivity contribution >= 4 is 0 Å². The molecule has 2 atom stereocenters. The van der Waals surface area contributed by atoms with Crippen LogP contribution in [0.2, 0.25) is 0 Å². The summed E-state index contributed by atoms with van der Waals surface area (Å²) in [6, 6.07) is 11.5. The van der Waals surface area contributed by atoms with Gasteiger partial charge in [-0.3, -0.25) is 4.79 Å². The van der Waals surface area contributed by atoms with Crippen LogP contribution in [0.4, 0.5) is 0 Å². The number of benzene rings is 1. The smallest absolute Gasteiger partial charge is 0.271 e. The second-order valence-electron chi connectivity index (χ2n) is 6.48. The van der Waals surface area contributed by atoms with E-state index in [2.05, 4.69) is 22.1 Å². The summed E-state index contributed by atoms with van der Waals surface area (Å²) in [4.78, 5) is 14.4. The van der Waals surface area contributed by atoms with Crippen LogP contribution in [0.1, 0.15) is 30.7 Å². The Kier molecular flexibility index (Phi) is 3.54. The summed E-state index contributed by atoms with van der Waals surface area (Å²) < 4.78 is 1.44. The monoisotopic (exact) mass is 295 g/mol. The highest BCUT2D eigenvalue weighted by Crippen LogP contribution is 2.48. The van der Waals surface area contributed by atoms with E-state index in [-0.39, 0.29) is 5.56 Å². The number of rotatable bonds is 4. The Morgan fingerprint density at radius 2 is 1.86 bits per heavy atom. The molecular weight excluding hydrogens is 274 g/mol. The Labute approximate surface area is 130 Å². The molecule has 114 valence electrons. The molecule has 0 amide bonds. The van der Waals surface area contributed by atoms with Crippen molar-refractivity contribution in [1.29, 1.82) is 0 Å². The maximum Gasteiger partial charge on any atom is 0.271 e. The Bertz CT molecular complexity index is 701. The number of likely N-dealkylation sites (tertiary alicyclic amines) is 1. The van der Waals surface area contributed by atoms with Crippen LogP contribution in [0.15, 0.2) is 47.4 Å². The Morgan fingerprint density at radius 3 is 2.59 bits per heavy atom. The minimum Gasteiger partial charge on any atom is -0.303 e. The van der Waals surface area contributed by atoms with E-state index in [4.69, 9.17) is 0 Å². The molecule has 22 heavy (non-hydrogen) atoms. The van der Waals surface area contributed by atoms with E-state index in [0.29, 0.717) is 5.92 Å². The maximum absolute atomic E-state index is 11.8. The van der Waals surface area contributed by atoms with Crippen LogP contribution in [0, 0.1) is 5.92 Å². The first-order chi connectivity index (χ1) is 10.8. The number of hydrogen-bond donors (Lipinski definition) is 0. The van der Waals surface area contributed by atoms with Crippen molar-refractivity contribution in [3.8, 4) is 5.69 Å². The topological polar surface area (TPSA) is 38.1 Å². The fourth-order valence-electron chi connectivity index (χ4n) is 3.57. The molecule has 2 unspecified atom stereocenters. The SMILES string of the molecule is O=c1cccnn1-c1ccc(C2CC2CN2CCCC2)cc1. The lowest BCUT2D eigenvalue weighted by atomic mass is 10.1. The number of aromatic nitrogens is 2. The first-order valence-electron chi connectivity index (χ1n) is 8.18. The third kappa shape index (κ3) is 2.71. The van der Waals surface area contributed by atoms with Crippen molar-refractivity contribution in [2.75, 3.05) is 19.6 Å². The van der Waals surface area contributed by atoms with Gasteiger partial charge in [-0.2, -0.15) is 9.78 Å². The zero-order chi connectivity index (χ0) is 14.9. The molecule has 1 aromatic carbocycles. The van der Waals surface area contributed by atoms with Gasteiger partial charge < -0.3 is 4.90 Å². The minimum atomic E-state index is -0.0893. The lowest BCUT2D eigenvalue weighted by molar-refractivity contribution is 0.322. The Balaban J connectivity index is 1.45. The number of nitrogens with zero attached hydrogens (tertiary/aromatic N) is 3. The van der Waals surface area contributed by atoms with Crippen molar-refractivity contribution in [2.24, 2.45) is 5.92 Å². The first-order valence-corrected chi connectivity index (χ1v) is 8.18. The summed E-state index contributed by atoms with van der Waals surface area (Å²) in [5.74, 6) is 1.52. The molecular formula is C18H21N3O. The van der Waals surface area contributed by atoms with E-state index in [0.717, 1.165) is 11.6 Å². The van der Waals surface area contributed by atoms with Crippen LogP contribution < -0.4 is 5.56 Å². The molecule has 0 spiro atoms. The average molecular weight is 295 g/mol. The van der Waals surface area contributed by atoms with E-state index < -0.39 is 0 Å². The lowest BCUT2D eigenvalue weighted by Crippen LogP contribution is -2.22. The fourth-order valence-corrected chi connectivity index (χ4v) is 3.57. The van der Waals surface area contributed by atoms with Crippen LogP contribution in [-0.2, 0) is 0 Å². The highest BCUT2D eigenvalue weighted by atomic mass is 16.1. The van der Waals surface area contributed by atoms with Crippen molar-refractivity contribution in [2.45, 2.75) is 25.2 Å². The molecule has 2 heterocycles.